The Kier molecular flexibility index (Phi) is 2.49. The molecule has 6 heteroatoms. The molecule has 1 fully saturated rings. The second-order valence-electron chi connectivity index (χ2n) is 4.01. The van der Waals surface area contributed by atoms with E-state index in [4.69, 9.17) is 5.26 Å². The topological polar surface area (TPSA) is 35.8 Å². The molecular weight excluding hydrogens is 236 g/mol. The highest BCUT2D eigenvalue weighted by Crippen LogP contribution is 2.51. The molecule has 17 heavy (non-hydrogen) atoms. The molecule has 1 N–H and O–H groups in total. The molecule has 0 atom stereocenters. The summed E-state index contributed by atoms with van der Waals surface area (Å²) in [6.45, 7) is 0. The van der Waals surface area contributed by atoms with E-state index in [1.54, 1.807) is 6.07 Å². The van der Waals surface area contributed by atoms with Gasteiger partial charge in [0, 0.05) is 5.69 Å². The maximum Gasteiger partial charge on any atom is 0.411 e. The monoisotopic (exact) mass is 244 g/mol. The summed E-state index contributed by atoms with van der Waals surface area (Å²) >= 11 is 0. The van der Waals surface area contributed by atoms with E-state index in [1.165, 1.54) is 6.07 Å². The van der Waals surface area contributed by atoms with Gasteiger partial charge < -0.3 is 5.32 Å². The third-order valence-electron chi connectivity index (χ3n) is 2.77. The number of hydrogen-bond donors (Lipinski definition) is 1. The summed E-state index contributed by atoms with van der Waals surface area (Å²) in [5.41, 5.74) is -2.07. The Labute approximate surface area is 94.9 Å². The van der Waals surface area contributed by atoms with Gasteiger partial charge in [0.15, 0.2) is 0 Å². The molecule has 0 radical (unpaired) electrons. The highest BCUT2D eigenvalue weighted by atomic mass is 19.4. The van der Waals surface area contributed by atoms with Crippen LogP contribution in [0.5, 0.6) is 0 Å². The minimum absolute atomic E-state index is 0.0158. The van der Waals surface area contributed by atoms with Gasteiger partial charge in [-0.25, -0.2) is 4.39 Å². The van der Waals surface area contributed by atoms with Gasteiger partial charge in [-0.15, -0.1) is 0 Å². The van der Waals surface area contributed by atoms with Gasteiger partial charge in [0.05, 0.1) is 5.56 Å². The predicted molar refractivity (Wildman–Crippen MR) is 52.8 cm³/mol. The molecule has 0 saturated heterocycles. The van der Waals surface area contributed by atoms with Crippen molar-refractivity contribution < 1.29 is 17.6 Å². The Balaban J connectivity index is 2.21. The molecule has 1 aromatic carbocycles. The molecule has 0 heterocycles. The zero-order valence-corrected chi connectivity index (χ0v) is 8.61. The van der Waals surface area contributed by atoms with E-state index in [2.05, 4.69) is 5.32 Å². The van der Waals surface area contributed by atoms with E-state index >= 15 is 0 Å². The fraction of sp³-hybridized carbons (Fsp3) is 0.364. The molecule has 0 bridgehead atoms. The fourth-order valence-electron chi connectivity index (χ4n) is 1.56. The molecule has 0 aliphatic heterocycles. The summed E-state index contributed by atoms with van der Waals surface area (Å²) in [4.78, 5) is 0. The van der Waals surface area contributed by atoms with Gasteiger partial charge in [-0.1, -0.05) is 0 Å². The lowest BCUT2D eigenvalue weighted by Crippen LogP contribution is -2.38. The standard InChI is InChI=1S/C11H8F4N2/c12-9-5-8(2-1-7(9)6-16)17-10(3-4-10)11(13,14)15/h1-2,5,17H,3-4H2. The number of hydrogen-bond acceptors (Lipinski definition) is 2. The Morgan fingerprint density at radius 1 is 1.29 bits per heavy atom. The van der Waals surface area contributed by atoms with Crippen molar-refractivity contribution in [1.82, 2.24) is 0 Å². The highest BCUT2D eigenvalue weighted by molar-refractivity contribution is 5.51. The summed E-state index contributed by atoms with van der Waals surface area (Å²) in [5, 5.41) is 10.8. The Morgan fingerprint density at radius 3 is 2.35 bits per heavy atom. The number of halogens is 4. The van der Waals surface area contributed by atoms with Crippen molar-refractivity contribution in [2.24, 2.45) is 0 Å². The van der Waals surface area contributed by atoms with Crippen LogP contribution in [-0.4, -0.2) is 11.7 Å². The molecule has 1 aliphatic rings. The van der Waals surface area contributed by atoms with Gasteiger partial charge in [0.25, 0.3) is 0 Å². The van der Waals surface area contributed by atoms with Crippen LogP contribution in [0.15, 0.2) is 18.2 Å². The first-order valence-electron chi connectivity index (χ1n) is 4.92. The molecular formula is C11H8F4N2. The first kappa shape index (κ1) is 11.7. The third kappa shape index (κ3) is 2.05. The van der Waals surface area contributed by atoms with Crippen LogP contribution in [0, 0.1) is 17.1 Å². The van der Waals surface area contributed by atoms with E-state index in [0.717, 1.165) is 12.1 Å². The zero-order chi connectivity index (χ0) is 12.7. The van der Waals surface area contributed by atoms with Crippen LogP contribution in [0.25, 0.3) is 0 Å². The maximum atomic E-state index is 13.2. The molecule has 2 nitrogen and oxygen atoms in total. The van der Waals surface area contributed by atoms with Crippen molar-refractivity contribution in [2.75, 3.05) is 5.32 Å². The highest BCUT2D eigenvalue weighted by Gasteiger charge is 2.63. The number of benzene rings is 1. The summed E-state index contributed by atoms with van der Waals surface area (Å²) in [5.74, 6) is -0.824. The summed E-state index contributed by atoms with van der Waals surface area (Å²) in [6, 6.07) is 4.94. The minimum atomic E-state index is -4.35. The molecule has 0 unspecified atom stereocenters. The van der Waals surface area contributed by atoms with Crippen molar-refractivity contribution in [2.45, 2.75) is 24.6 Å². The molecule has 1 saturated carbocycles. The Bertz CT molecular complexity index is 483. The first-order valence-corrected chi connectivity index (χ1v) is 4.92. The predicted octanol–water partition coefficient (Wildman–Crippen LogP) is 3.20. The van der Waals surface area contributed by atoms with E-state index in [0.29, 0.717) is 0 Å². The number of anilines is 1. The molecule has 90 valence electrons. The summed E-state index contributed by atoms with van der Waals surface area (Å²) in [7, 11) is 0. The Hall–Kier alpha value is -1.77. The lowest BCUT2D eigenvalue weighted by atomic mass is 10.2. The smallest absolute Gasteiger partial charge is 0.371 e. The van der Waals surface area contributed by atoms with Crippen molar-refractivity contribution in [3.63, 3.8) is 0 Å². The average molecular weight is 244 g/mol. The number of alkyl halides is 3. The van der Waals surface area contributed by atoms with Crippen molar-refractivity contribution in [1.29, 1.82) is 5.26 Å². The van der Waals surface area contributed by atoms with Crippen molar-refractivity contribution >= 4 is 5.69 Å². The number of nitriles is 1. The van der Waals surface area contributed by atoms with Gasteiger partial charge >= 0.3 is 6.18 Å². The molecule has 0 amide bonds. The number of nitrogens with zero attached hydrogens (tertiary/aromatic N) is 1. The van der Waals surface area contributed by atoms with Gasteiger partial charge in [0.1, 0.15) is 17.4 Å². The average Bonchev–Trinajstić information content (AvgIpc) is 2.98. The van der Waals surface area contributed by atoms with Gasteiger partial charge in [-0.2, -0.15) is 18.4 Å². The second-order valence-corrected chi connectivity index (χ2v) is 4.01. The van der Waals surface area contributed by atoms with Crippen LogP contribution < -0.4 is 5.32 Å². The van der Waals surface area contributed by atoms with Crippen LogP contribution >= 0.6 is 0 Å². The number of rotatable bonds is 2. The Morgan fingerprint density at radius 2 is 1.94 bits per heavy atom. The van der Waals surface area contributed by atoms with Crippen LogP contribution in [0.1, 0.15) is 18.4 Å². The van der Waals surface area contributed by atoms with Crippen LogP contribution in [0.2, 0.25) is 0 Å². The van der Waals surface area contributed by atoms with Gasteiger partial charge in [0.2, 0.25) is 0 Å². The molecule has 0 spiro atoms. The van der Waals surface area contributed by atoms with Gasteiger partial charge in [-0.3, -0.25) is 0 Å². The lowest BCUT2D eigenvalue weighted by molar-refractivity contribution is -0.151. The molecule has 1 aliphatic carbocycles. The summed E-state index contributed by atoms with van der Waals surface area (Å²) in [6.07, 6.45) is -4.38. The SMILES string of the molecule is N#Cc1ccc(NC2(C(F)(F)F)CC2)cc1F. The third-order valence-corrected chi connectivity index (χ3v) is 2.77. The molecule has 1 aromatic rings. The van der Waals surface area contributed by atoms with Crippen LogP contribution in [0.4, 0.5) is 23.2 Å². The van der Waals surface area contributed by atoms with E-state index in [9.17, 15) is 17.6 Å². The zero-order valence-electron chi connectivity index (χ0n) is 8.61. The first-order chi connectivity index (χ1) is 7.88. The van der Waals surface area contributed by atoms with Crippen LogP contribution in [0.3, 0.4) is 0 Å². The second kappa shape index (κ2) is 3.62. The van der Waals surface area contributed by atoms with E-state index in [-0.39, 0.29) is 24.1 Å². The molecule has 2 rings (SSSR count). The minimum Gasteiger partial charge on any atom is -0.371 e. The lowest BCUT2D eigenvalue weighted by Gasteiger charge is -2.21. The van der Waals surface area contributed by atoms with E-state index in [1.807, 2.05) is 0 Å². The van der Waals surface area contributed by atoms with Crippen LogP contribution in [-0.2, 0) is 0 Å². The normalized spacial score (nSPS) is 17.4. The van der Waals surface area contributed by atoms with Gasteiger partial charge in [-0.05, 0) is 31.0 Å². The van der Waals surface area contributed by atoms with E-state index < -0.39 is 17.5 Å². The van der Waals surface area contributed by atoms with Crippen molar-refractivity contribution in [3.05, 3.63) is 29.6 Å². The fourth-order valence-corrected chi connectivity index (χ4v) is 1.56. The van der Waals surface area contributed by atoms with Crippen molar-refractivity contribution in [3.8, 4) is 6.07 Å². The maximum absolute atomic E-state index is 13.2. The number of nitrogens with one attached hydrogen (secondary N) is 1. The quantitative estimate of drug-likeness (QED) is 0.811. The summed E-state index contributed by atoms with van der Waals surface area (Å²) < 4.78 is 51.1. The largest absolute Gasteiger partial charge is 0.411 e. The molecule has 0 aromatic heterocycles.